The number of rotatable bonds is 8. The average molecular weight is 291 g/mol. The van der Waals surface area contributed by atoms with E-state index in [9.17, 15) is 13.2 Å². The van der Waals surface area contributed by atoms with Crippen LogP contribution in [0.4, 0.5) is 13.2 Å². The van der Waals surface area contributed by atoms with Crippen molar-refractivity contribution >= 4 is 0 Å². The minimum absolute atomic E-state index is 0.00974. The summed E-state index contributed by atoms with van der Waals surface area (Å²) in [5.41, 5.74) is 6.50. The lowest BCUT2D eigenvalue weighted by Crippen LogP contribution is -2.10. The largest absolute Gasteiger partial charge is 0.490 e. The molecule has 1 aromatic carbocycles. The lowest BCUT2D eigenvalue weighted by molar-refractivity contribution is -0.136. The summed E-state index contributed by atoms with van der Waals surface area (Å²) in [5, 5.41) is 0. The minimum Gasteiger partial charge on any atom is -0.490 e. The molecule has 0 saturated carbocycles. The molecule has 20 heavy (non-hydrogen) atoms. The molecule has 0 aliphatic rings. The lowest BCUT2D eigenvalue weighted by atomic mass is 10.1. The van der Waals surface area contributed by atoms with Crippen LogP contribution in [0.2, 0.25) is 0 Å². The Kier molecular flexibility index (Phi) is 6.64. The van der Waals surface area contributed by atoms with E-state index in [1.165, 1.54) is 0 Å². The zero-order valence-corrected chi connectivity index (χ0v) is 11.5. The van der Waals surface area contributed by atoms with Crippen molar-refractivity contribution in [3.05, 3.63) is 23.8 Å². The predicted molar refractivity (Wildman–Crippen MR) is 71.2 cm³/mol. The van der Waals surface area contributed by atoms with Crippen molar-refractivity contribution in [2.45, 2.75) is 32.4 Å². The molecular weight excluding hydrogens is 271 g/mol. The Hall–Kier alpha value is -1.43. The van der Waals surface area contributed by atoms with Crippen LogP contribution in [0.3, 0.4) is 0 Å². The van der Waals surface area contributed by atoms with E-state index in [-0.39, 0.29) is 13.0 Å². The van der Waals surface area contributed by atoms with Gasteiger partial charge >= 0.3 is 6.18 Å². The highest BCUT2D eigenvalue weighted by Gasteiger charge is 2.26. The summed E-state index contributed by atoms with van der Waals surface area (Å²) >= 11 is 0. The first kappa shape index (κ1) is 16.6. The monoisotopic (exact) mass is 291 g/mol. The molecule has 0 saturated heterocycles. The van der Waals surface area contributed by atoms with Crippen molar-refractivity contribution in [1.29, 1.82) is 0 Å². The van der Waals surface area contributed by atoms with Gasteiger partial charge in [-0.2, -0.15) is 13.2 Å². The summed E-state index contributed by atoms with van der Waals surface area (Å²) in [6, 6.07) is 5.37. The van der Waals surface area contributed by atoms with Gasteiger partial charge in [0.2, 0.25) is 0 Å². The number of nitrogens with two attached hydrogens (primary N) is 1. The first-order chi connectivity index (χ1) is 9.46. The van der Waals surface area contributed by atoms with E-state index in [0.29, 0.717) is 31.1 Å². The van der Waals surface area contributed by atoms with Crippen LogP contribution < -0.4 is 15.2 Å². The van der Waals surface area contributed by atoms with Gasteiger partial charge in [-0.1, -0.05) is 6.07 Å². The van der Waals surface area contributed by atoms with E-state index in [1.807, 2.05) is 19.1 Å². The molecular formula is C14H20F3NO2. The quantitative estimate of drug-likeness (QED) is 0.747. The molecule has 1 rings (SSSR count). The van der Waals surface area contributed by atoms with Crippen LogP contribution in [0.15, 0.2) is 18.2 Å². The third-order valence-electron chi connectivity index (χ3n) is 2.60. The number of hydrogen-bond acceptors (Lipinski definition) is 3. The Morgan fingerprint density at radius 3 is 2.50 bits per heavy atom. The fourth-order valence-corrected chi connectivity index (χ4v) is 1.72. The van der Waals surface area contributed by atoms with E-state index in [1.54, 1.807) is 6.07 Å². The third kappa shape index (κ3) is 6.14. The second-order valence-electron chi connectivity index (χ2n) is 4.32. The lowest BCUT2D eigenvalue weighted by Gasteiger charge is -2.13. The van der Waals surface area contributed by atoms with Gasteiger partial charge in [0.15, 0.2) is 11.5 Å². The SMILES string of the molecule is CCOc1cc(CCN)ccc1OCCCC(F)(F)F. The van der Waals surface area contributed by atoms with Gasteiger partial charge in [0, 0.05) is 6.42 Å². The van der Waals surface area contributed by atoms with Gasteiger partial charge in [0.1, 0.15) is 0 Å². The molecule has 3 nitrogen and oxygen atoms in total. The zero-order chi connectivity index (χ0) is 15.0. The molecule has 0 atom stereocenters. The van der Waals surface area contributed by atoms with Gasteiger partial charge in [-0.3, -0.25) is 0 Å². The highest BCUT2D eigenvalue weighted by atomic mass is 19.4. The highest BCUT2D eigenvalue weighted by Crippen LogP contribution is 2.29. The van der Waals surface area contributed by atoms with Gasteiger partial charge in [-0.15, -0.1) is 0 Å². The molecule has 0 aliphatic heterocycles. The van der Waals surface area contributed by atoms with Crippen LogP contribution in [0, 0.1) is 0 Å². The summed E-state index contributed by atoms with van der Waals surface area (Å²) in [4.78, 5) is 0. The predicted octanol–water partition coefficient (Wildman–Crippen LogP) is 3.31. The van der Waals surface area contributed by atoms with Crippen LogP contribution in [0.5, 0.6) is 11.5 Å². The van der Waals surface area contributed by atoms with E-state index >= 15 is 0 Å². The van der Waals surface area contributed by atoms with Crippen molar-refractivity contribution < 1.29 is 22.6 Å². The van der Waals surface area contributed by atoms with Crippen molar-refractivity contribution in [3.63, 3.8) is 0 Å². The molecule has 0 amide bonds. The molecule has 0 spiro atoms. The van der Waals surface area contributed by atoms with Crippen molar-refractivity contribution in [3.8, 4) is 11.5 Å². The Balaban J connectivity index is 2.59. The van der Waals surface area contributed by atoms with Crippen LogP contribution in [0.1, 0.15) is 25.3 Å². The molecule has 114 valence electrons. The molecule has 0 aliphatic carbocycles. The first-order valence-corrected chi connectivity index (χ1v) is 6.61. The highest BCUT2D eigenvalue weighted by molar-refractivity contribution is 5.43. The number of alkyl halides is 3. The molecule has 0 bridgehead atoms. The molecule has 0 fully saturated rings. The van der Waals surface area contributed by atoms with Crippen LogP contribution >= 0.6 is 0 Å². The van der Waals surface area contributed by atoms with E-state index in [4.69, 9.17) is 15.2 Å². The topological polar surface area (TPSA) is 44.5 Å². The molecule has 0 heterocycles. The van der Waals surface area contributed by atoms with Crippen molar-refractivity contribution in [1.82, 2.24) is 0 Å². The third-order valence-corrected chi connectivity index (χ3v) is 2.60. The summed E-state index contributed by atoms with van der Waals surface area (Å²) < 4.78 is 46.9. The number of halogens is 3. The minimum atomic E-state index is -4.14. The van der Waals surface area contributed by atoms with E-state index in [0.717, 1.165) is 5.56 Å². The number of hydrogen-bond donors (Lipinski definition) is 1. The Labute approximate surface area is 116 Å². The second kappa shape index (κ2) is 7.99. The van der Waals surface area contributed by atoms with Crippen LogP contribution in [0.25, 0.3) is 0 Å². The van der Waals surface area contributed by atoms with Gasteiger partial charge < -0.3 is 15.2 Å². The second-order valence-corrected chi connectivity index (χ2v) is 4.32. The van der Waals surface area contributed by atoms with Crippen molar-refractivity contribution in [2.75, 3.05) is 19.8 Å². The van der Waals surface area contributed by atoms with Gasteiger partial charge in [0.05, 0.1) is 13.2 Å². The van der Waals surface area contributed by atoms with Gasteiger partial charge in [-0.05, 0) is 44.0 Å². The Bertz CT molecular complexity index is 408. The molecule has 1 aromatic rings. The van der Waals surface area contributed by atoms with Gasteiger partial charge in [0.25, 0.3) is 0 Å². The molecule has 2 N–H and O–H groups in total. The maximum absolute atomic E-state index is 12.0. The average Bonchev–Trinajstić information content (AvgIpc) is 2.36. The maximum atomic E-state index is 12.0. The molecule has 0 aromatic heterocycles. The standard InChI is InChI=1S/C14H20F3NO2/c1-2-19-13-10-11(6-8-18)4-5-12(13)20-9-3-7-14(15,16)17/h4-5,10H,2-3,6-9,18H2,1H3. The summed E-state index contributed by atoms with van der Waals surface area (Å²) in [6.45, 7) is 2.83. The summed E-state index contributed by atoms with van der Waals surface area (Å²) in [5.74, 6) is 1.01. The zero-order valence-electron chi connectivity index (χ0n) is 11.5. The number of benzene rings is 1. The molecule has 0 unspecified atom stereocenters. The van der Waals surface area contributed by atoms with Crippen LogP contribution in [-0.4, -0.2) is 25.9 Å². The van der Waals surface area contributed by atoms with E-state index < -0.39 is 12.6 Å². The van der Waals surface area contributed by atoms with E-state index in [2.05, 4.69) is 0 Å². The van der Waals surface area contributed by atoms with Crippen molar-refractivity contribution in [2.24, 2.45) is 5.73 Å². The molecule has 6 heteroatoms. The van der Waals surface area contributed by atoms with Crippen LogP contribution in [-0.2, 0) is 6.42 Å². The molecule has 0 radical (unpaired) electrons. The summed E-state index contributed by atoms with van der Waals surface area (Å²) in [7, 11) is 0. The Morgan fingerprint density at radius 2 is 1.90 bits per heavy atom. The smallest absolute Gasteiger partial charge is 0.389 e. The normalized spacial score (nSPS) is 11.4. The summed E-state index contributed by atoms with van der Waals surface area (Å²) in [6.07, 6.45) is -4.34. The fraction of sp³-hybridized carbons (Fsp3) is 0.571. The first-order valence-electron chi connectivity index (χ1n) is 6.61. The van der Waals surface area contributed by atoms with Gasteiger partial charge in [-0.25, -0.2) is 0 Å². The number of ether oxygens (including phenoxy) is 2. The fourth-order valence-electron chi connectivity index (χ4n) is 1.72. The maximum Gasteiger partial charge on any atom is 0.389 e. The Morgan fingerprint density at radius 1 is 1.15 bits per heavy atom.